The molecule has 2 aromatic heterocycles. The number of anilines is 3. The fourth-order valence-corrected chi connectivity index (χ4v) is 3.16. The van der Waals surface area contributed by atoms with Gasteiger partial charge in [-0.05, 0) is 30.3 Å². The van der Waals surface area contributed by atoms with Gasteiger partial charge in [0.05, 0.1) is 33.6 Å². The Balaban J connectivity index is 1.67. The van der Waals surface area contributed by atoms with E-state index < -0.39 is 5.76 Å². The van der Waals surface area contributed by atoms with E-state index >= 15 is 0 Å². The maximum atomic E-state index is 12.4. The number of nitrogens with two attached hydrogens (primary N) is 1. The lowest BCUT2D eigenvalue weighted by Crippen LogP contribution is -2.19. The number of ether oxygens (including phenoxy) is 3. The molecule has 0 radical (unpaired) electrons. The number of para-hydroxylation sites is 2. The highest BCUT2D eigenvalue weighted by Crippen LogP contribution is 2.31. The second-order valence-electron chi connectivity index (χ2n) is 6.69. The number of aromatic nitrogens is 5. The lowest BCUT2D eigenvalue weighted by molar-refractivity contribution is 0.355. The van der Waals surface area contributed by atoms with Gasteiger partial charge in [0.25, 0.3) is 0 Å². The Labute approximate surface area is 188 Å². The van der Waals surface area contributed by atoms with Gasteiger partial charge in [-0.2, -0.15) is 15.0 Å². The van der Waals surface area contributed by atoms with Crippen LogP contribution in [0.15, 0.2) is 51.8 Å². The van der Waals surface area contributed by atoms with E-state index in [9.17, 15) is 4.79 Å². The van der Waals surface area contributed by atoms with Crippen molar-refractivity contribution in [1.82, 2.24) is 24.7 Å². The molecule has 0 aliphatic heterocycles. The molecule has 0 saturated carbocycles. The molecule has 3 N–H and O–H groups in total. The van der Waals surface area contributed by atoms with E-state index in [0.29, 0.717) is 28.5 Å². The lowest BCUT2D eigenvalue weighted by Gasteiger charge is -2.11. The molecule has 4 aromatic rings. The normalized spacial score (nSPS) is 10.6. The number of nitrogens with one attached hydrogen (secondary N) is 1. The Bertz CT molecular complexity index is 1330. The van der Waals surface area contributed by atoms with Crippen molar-refractivity contribution in [2.24, 2.45) is 0 Å². The molecular formula is C21H21N7O5. The predicted molar refractivity (Wildman–Crippen MR) is 119 cm³/mol. The molecule has 4 rings (SSSR count). The van der Waals surface area contributed by atoms with Gasteiger partial charge in [-0.25, -0.2) is 9.36 Å². The smallest absolute Gasteiger partial charge is 0.442 e. The van der Waals surface area contributed by atoms with Crippen LogP contribution in [0, 0.1) is 0 Å². The molecule has 0 amide bonds. The van der Waals surface area contributed by atoms with E-state index in [1.165, 1.54) is 18.8 Å². The molecule has 0 bridgehead atoms. The number of rotatable bonds is 8. The highest BCUT2D eigenvalue weighted by atomic mass is 16.5. The lowest BCUT2D eigenvalue weighted by atomic mass is 10.2. The summed E-state index contributed by atoms with van der Waals surface area (Å²) in [5.41, 5.74) is 7.10. The van der Waals surface area contributed by atoms with Gasteiger partial charge in [0, 0.05) is 5.56 Å². The average molecular weight is 451 g/mol. The van der Waals surface area contributed by atoms with Crippen LogP contribution in [0.25, 0.3) is 11.4 Å². The Morgan fingerprint density at radius 3 is 2.48 bits per heavy atom. The Morgan fingerprint density at radius 1 is 0.970 bits per heavy atom. The third kappa shape index (κ3) is 4.54. The number of nitrogens with zero attached hydrogens (tertiary/aromatic N) is 5. The molecule has 2 aromatic carbocycles. The third-order valence-electron chi connectivity index (χ3n) is 4.68. The van der Waals surface area contributed by atoms with Crippen molar-refractivity contribution >= 4 is 17.6 Å². The predicted octanol–water partition coefficient (Wildman–Crippen LogP) is 2.09. The van der Waals surface area contributed by atoms with Crippen LogP contribution >= 0.6 is 0 Å². The summed E-state index contributed by atoms with van der Waals surface area (Å²) in [5, 5.41) is 6.94. The molecule has 0 spiro atoms. The summed E-state index contributed by atoms with van der Waals surface area (Å²) in [4.78, 5) is 25.0. The summed E-state index contributed by atoms with van der Waals surface area (Å²) in [6.07, 6.45) is 0. The van der Waals surface area contributed by atoms with Crippen LogP contribution in [0.5, 0.6) is 17.2 Å². The van der Waals surface area contributed by atoms with E-state index in [-0.39, 0.29) is 30.1 Å². The van der Waals surface area contributed by atoms with E-state index in [1.54, 1.807) is 37.4 Å². The molecule has 0 unspecified atom stereocenters. The fourth-order valence-electron chi connectivity index (χ4n) is 3.16. The van der Waals surface area contributed by atoms with E-state index in [0.717, 1.165) is 0 Å². The van der Waals surface area contributed by atoms with Crippen LogP contribution < -0.4 is 31.0 Å². The van der Waals surface area contributed by atoms with Gasteiger partial charge in [-0.15, -0.1) is 0 Å². The SMILES string of the molecule is COc1ccccc1Nc1nc(N)nc(Cn2c(-c3ccc(OC)c(OC)c3)noc2=O)n1. The van der Waals surface area contributed by atoms with Gasteiger partial charge in [-0.1, -0.05) is 17.3 Å². The topological polar surface area (TPSA) is 152 Å². The Hall–Kier alpha value is -4.61. The molecule has 0 atom stereocenters. The average Bonchev–Trinajstić information content (AvgIpc) is 3.18. The number of benzene rings is 2. The monoisotopic (exact) mass is 451 g/mol. The molecule has 12 nitrogen and oxygen atoms in total. The summed E-state index contributed by atoms with van der Waals surface area (Å²) in [5.74, 6) is 1.60. The van der Waals surface area contributed by atoms with Crippen LogP contribution in [-0.4, -0.2) is 46.0 Å². The standard InChI is InChI=1S/C21H21N7O5/c1-30-14-7-5-4-6-13(14)23-20-25-17(24-19(22)26-20)11-28-18(27-33-21(28)29)12-8-9-15(31-2)16(10-12)32-3/h4-10H,11H2,1-3H3,(H3,22,23,24,25,26). The maximum Gasteiger partial charge on any atom is 0.442 e. The second-order valence-corrected chi connectivity index (χ2v) is 6.69. The van der Waals surface area contributed by atoms with Crippen LogP contribution in [0.4, 0.5) is 17.6 Å². The number of hydrogen-bond donors (Lipinski definition) is 2. The Morgan fingerprint density at radius 2 is 1.73 bits per heavy atom. The summed E-state index contributed by atoms with van der Waals surface area (Å²) in [6.45, 7) is -0.0562. The van der Waals surface area contributed by atoms with Crippen LogP contribution in [-0.2, 0) is 6.54 Å². The van der Waals surface area contributed by atoms with E-state index in [2.05, 4.69) is 25.4 Å². The maximum absolute atomic E-state index is 12.4. The molecule has 2 heterocycles. The first-order valence-corrected chi connectivity index (χ1v) is 9.71. The van der Waals surface area contributed by atoms with Gasteiger partial charge < -0.3 is 25.3 Å². The summed E-state index contributed by atoms with van der Waals surface area (Å²) in [6, 6.07) is 12.4. The van der Waals surface area contributed by atoms with Crippen LogP contribution in [0.3, 0.4) is 0 Å². The van der Waals surface area contributed by atoms with Crippen LogP contribution in [0.2, 0.25) is 0 Å². The highest BCUT2D eigenvalue weighted by Gasteiger charge is 2.18. The summed E-state index contributed by atoms with van der Waals surface area (Å²) < 4.78 is 22.1. The number of methoxy groups -OCH3 is 3. The minimum Gasteiger partial charge on any atom is -0.495 e. The first kappa shape index (κ1) is 21.6. The van der Waals surface area contributed by atoms with Crippen molar-refractivity contribution in [2.75, 3.05) is 32.4 Å². The van der Waals surface area contributed by atoms with Crippen molar-refractivity contribution in [3.8, 4) is 28.6 Å². The van der Waals surface area contributed by atoms with E-state index in [4.69, 9.17) is 24.5 Å². The summed E-state index contributed by atoms with van der Waals surface area (Å²) >= 11 is 0. The van der Waals surface area contributed by atoms with Gasteiger partial charge in [0.1, 0.15) is 5.75 Å². The van der Waals surface area contributed by atoms with Crippen molar-refractivity contribution < 1.29 is 18.7 Å². The highest BCUT2D eigenvalue weighted by molar-refractivity contribution is 5.63. The minimum absolute atomic E-state index is 0.0189. The largest absolute Gasteiger partial charge is 0.495 e. The van der Waals surface area contributed by atoms with Crippen molar-refractivity contribution in [3.63, 3.8) is 0 Å². The molecule has 0 fully saturated rings. The molecular weight excluding hydrogens is 430 g/mol. The minimum atomic E-state index is -0.682. The number of hydrogen-bond acceptors (Lipinski definition) is 11. The molecule has 0 aliphatic rings. The first-order valence-electron chi connectivity index (χ1n) is 9.71. The van der Waals surface area contributed by atoms with Gasteiger partial charge in [0.2, 0.25) is 11.9 Å². The second kappa shape index (κ2) is 9.26. The number of nitrogen functional groups attached to an aromatic ring is 1. The zero-order valence-corrected chi connectivity index (χ0v) is 18.1. The molecule has 170 valence electrons. The fraction of sp³-hybridized carbons (Fsp3) is 0.190. The molecule has 12 heteroatoms. The quantitative estimate of drug-likeness (QED) is 0.405. The van der Waals surface area contributed by atoms with Crippen molar-refractivity contribution in [2.45, 2.75) is 6.54 Å². The van der Waals surface area contributed by atoms with Crippen molar-refractivity contribution in [1.29, 1.82) is 0 Å². The first-order chi connectivity index (χ1) is 16.0. The van der Waals surface area contributed by atoms with Crippen molar-refractivity contribution in [3.05, 3.63) is 58.8 Å². The zero-order chi connectivity index (χ0) is 23.4. The van der Waals surface area contributed by atoms with Gasteiger partial charge >= 0.3 is 5.76 Å². The Kier molecular flexibility index (Phi) is 6.06. The molecule has 33 heavy (non-hydrogen) atoms. The van der Waals surface area contributed by atoms with Crippen LogP contribution in [0.1, 0.15) is 5.82 Å². The zero-order valence-electron chi connectivity index (χ0n) is 18.1. The molecule has 0 aliphatic carbocycles. The van der Waals surface area contributed by atoms with Gasteiger partial charge in [0.15, 0.2) is 23.1 Å². The third-order valence-corrected chi connectivity index (χ3v) is 4.68. The van der Waals surface area contributed by atoms with Gasteiger partial charge in [-0.3, -0.25) is 4.52 Å². The van der Waals surface area contributed by atoms with E-state index in [1.807, 2.05) is 12.1 Å². The molecule has 0 saturated heterocycles. The summed E-state index contributed by atoms with van der Waals surface area (Å²) in [7, 11) is 4.61.